The van der Waals surface area contributed by atoms with Gasteiger partial charge in [0.2, 0.25) is 0 Å². The molecule has 1 saturated heterocycles. The van der Waals surface area contributed by atoms with Crippen LogP contribution in [0.15, 0.2) is 29.6 Å². The number of nitrogens with zero attached hydrogens (tertiary/aromatic N) is 2. The number of nitrogens with one attached hydrogen (secondary N) is 1. The number of hydrogen-bond donors (Lipinski definition) is 1. The van der Waals surface area contributed by atoms with Crippen LogP contribution in [0.4, 0.5) is 0 Å². The van der Waals surface area contributed by atoms with E-state index in [2.05, 4.69) is 10.3 Å². The number of amides is 1. The molecule has 138 valence electrons. The number of halogens is 3. The van der Waals surface area contributed by atoms with Crippen molar-refractivity contribution in [2.75, 3.05) is 26.7 Å². The molecule has 1 aliphatic rings. The largest absolute Gasteiger partial charge is 0.337 e. The van der Waals surface area contributed by atoms with Crippen molar-refractivity contribution in [3.63, 3.8) is 0 Å². The third-order valence-corrected chi connectivity index (χ3v) is 5.22. The van der Waals surface area contributed by atoms with Gasteiger partial charge < -0.3 is 10.2 Å². The molecule has 1 aliphatic heterocycles. The number of likely N-dealkylation sites (tertiary alicyclic amines) is 1. The molecule has 3 rings (SSSR count). The molecule has 2 aromatic rings. The summed E-state index contributed by atoms with van der Waals surface area (Å²) in [6.07, 6.45) is 2.23. The smallest absolute Gasteiger partial charge is 0.273 e. The third kappa shape index (κ3) is 5.56. The van der Waals surface area contributed by atoms with Gasteiger partial charge in [-0.1, -0.05) is 23.7 Å². The summed E-state index contributed by atoms with van der Waals surface area (Å²) < 4.78 is 0. The standard InChI is InChI=1S/C17H20ClN3OS.2ClH/c1-19-9-12-4-3-7-21(10-12)17(22)15-11-23-16(20-15)13-5-2-6-14(18)8-13;;/h2,5-6,8,11-12,19H,3-4,7,9-10H2,1H3;2*1H. The van der Waals surface area contributed by atoms with Crippen LogP contribution in [0.25, 0.3) is 10.6 Å². The van der Waals surface area contributed by atoms with Crippen molar-refractivity contribution in [2.24, 2.45) is 5.92 Å². The van der Waals surface area contributed by atoms with Gasteiger partial charge >= 0.3 is 0 Å². The van der Waals surface area contributed by atoms with Crippen molar-refractivity contribution in [3.8, 4) is 10.6 Å². The molecule has 1 aromatic heterocycles. The van der Waals surface area contributed by atoms with E-state index in [4.69, 9.17) is 11.6 Å². The number of benzene rings is 1. The average Bonchev–Trinajstić information content (AvgIpc) is 3.05. The lowest BCUT2D eigenvalue weighted by atomic mass is 9.98. The molecular formula is C17H22Cl3N3OS. The first-order valence-electron chi connectivity index (χ1n) is 7.82. The van der Waals surface area contributed by atoms with Crippen LogP contribution < -0.4 is 5.32 Å². The molecule has 0 radical (unpaired) electrons. The first kappa shape index (κ1) is 22.2. The van der Waals surface area contributed by atoms with Crippen LogP contribution in [0.1, 0.15) is 23.3 Å². The Hall–Kier alpha value is -0.850. The third-order valence-electron chi connectivity index (χ3n) is 4.09. The quantitative estimate of drug-likeness (QED) is 0.795. The van der Waals surface area contributed by atoms with Gasteiger partial charge in [0.05, 0.1) is 0 Å². The van der Waals surface area contributed by atoms with Gasteiger partial charge in [-0.25, -0.2) is 4.98 Å². The number of hydrogen-bond acceptors (Lipinski definition) is 4. The van der Waals surface area contributed by atoms with E-state index >= 15 is 0 Å². The number of thiazole rings is 1. The average molecular weight is 423 g/mol. The zero-order valence-electron chi connectivity index (χ0n) is 13.9. The fraction of sp³-hybridized carbons (Fsp3) is 0.412. The minimum Gasteiger partial charge on any atom is -0.337 e. The van der Waals surface area contributed by atoms with Crippen molar-refractivity contribution in [1.29, 1.82) is 0 Å². The lowest BCUT2D eigenvalue weighted by Crippen LogP contribution is -2.42. The Morgan fingerprint density at radius 2 is 2.24 bits per heavy atom. The van der Waals surface area contributed by atoms with E-state index in [1.54, 1.807) is 0 Å². The minimum atomic E-state index is 0. The summed E-state index contributed by atoms with van der Waals surface area (Å²) in [4.78, 5) is 19.1. The zero-order chi connectivity index (χ0) is 16.2. The Labute approximate surface area is 169 Å². The summed E-state index contributed by atoms with van der Waals surface area (Å²) in [5.74, 6) is 0.569. The Balaban J connectivity index is 0.00000156. The number of carbonyl (C=O) groups is 1. The number of piperidine rings is 1. The second kappa shape index (κ2) is 10.3. The lowest BCUT2D eigenvalue weighted by molar-refractivity contribution is 0.0669. The van der Waals surface area contributed by atoms with E-state index in [0.717, 1.165) is 36.6 Å². The van der Waals surface area contributed by atoms with Crippen LogP contribution in [-0.4, -0.2) is 42.5 Å². The maximum absolute atomic E-state index is 12.7. The molecule has 0 bridgehead atoms. The fourth-order valence-electron chi connectivity index (χ4n) is 2.99. The second-order valence-corrected chi connectivity index (χ2v) is 7.16. The SMILES string of the molecule is CNCC1CCCN(C(=O)c2csc(-c3cccc(Cl)c3)n2)C1.Cl.Cl. The zero-order valence-corrected chi connectivity index (χ0v) is 17.1. The molecule has 0 aliphatic carbocycles. The fourth-order valence-corrected chi connectivity index (χ4v) is 3.97. The molecule has 1 aromatic carbocycles. The van der Waals surface area contributed by atoms with Gasteiger partial charge in [-0.05, 0) is 44.5 Å². The molecule has 1 N–H and O–H groups in total. The topological polar surface area (TPSA) is 45.2 Å². The highest BCUT2D eigenvalue weighted by Crippen LogP contribution is 2.27. The first-order valence-corrected chi connectivity index (χ1v) is 9.08. The highest BCUT2D eigenvalue weighted by Gasteiger charge is 2.25. The predicted octanol–water partition coefficient (Wildman–Crippen LogP) is 4.38. The van der Waals surface area contributed by atoms with E-state index in [0.29, 0.717) is 16.6 Å². The molecule has 0 saturated carbocycles. The van der Waals surface area contributed by atoms with Crippen molar-refractivity contribution in [2.45, 2.75) is 12.8 Å². The Morgan fingerprint density at radius 3 is 2.96 bits per heavy atom. The number of carbonyl (C=O) groups excluding carboxylic acids is 1. The van der Waals surface area contributed by atoms with Crippen molar-refractivity contribution in [3.05, 3.63) is 40.4 Å². The molecule has 1 amide bonds. The summed E-state index contributed by atoms with van der Waals surface area (Å²) in [7, 11) is 1.96. The van der Waals surface area contributed by atoms with Gasteiger partial charge in [0.1, 0.15) is 10.7 Å². The summed E-state index contributed by atoms with van der Waals surface area (Å²) in [6, 6.07) is 7.56. The van der Waals surface area contributed by atoms with E-state index in [-0.39, 0.29) is 30.7 Å². The summed E-state index contributed by atoms with van der Waals surface area (Å²) in [5.41, 5.74) is 1.49. The monoisotopic (exact) mass is 421 g/mol. The van der Waals surface area contributed by atoms with Gasteiger partial charge in [-0.2, -0.15) is 0 Å². The van der Waals surface area contributed by atoms with Crippen molar-refractivity contribution < 1.29 is 4.79 Å². The molecule has 1 fully saturated rings. The van der Waals surface area contributed by atoms with Crippen LogP contribution in [0, 0.1) is 5.92 Å². The van der Waals surface area contributed by atoms with Crippen LogP contribution in [0.5, 0.6) is 0 Å². The number of aromatic nitrogens is 1. The predicted molar refractivity (Wildman–Crippen MR) is 110 cm³/mol. The number of rotatable bonds is 4. The Kier molecular flexibility index (Phi) is 9.17. The molecule has 1 unspecified atom stereocenters. The second-order valence-electron chi connectivity index (χ2n) is 5.87. The van der Waals surface area contributed by atoms with Crippen LogP contribution in [0.2, 0.25) is 5.02 Å². The van der Waals surface area contributed by atoms with Gasteiger partial charge in [-0.15, -0.1) is 36.2 Å². The van der Waals surface area contributed by atoms with Crippen LogP contribution >= 0.6 is 47.8 Å². The highest BCUT2D eigenvalue weighted by atomic mass is 35.5. The van der Waals surface area contributed by atoms with Gasteiger partial charge in [0.25, 0.3) is 5.91 Å². The summed E-state index contributed by atoms with van der Waals surface area (Å²) in [5, 5.41) is 6.56. The molecule has 8 heteroatoms. The van der Waals surface area contributed by atoms with E-state index < -0.39 is 0 Å². The van der Waals surface area contributed by atoms with E-state index in [9.17, 15) is 4.79 Å². The Morgan fingerprint density at radius 1 is 1.44 bits per heavy atom. The Bertz CT molecular complexity index is 693. The van der Waals surface area contributed by atoms with Gasteiger partial charge in [0.15, 0.2) is 0 Å². The minimum absolute atomic E-state index is 0. The molecular weight excluding hydrogens is 401 g/mol. The van der Waals surface area contributed by atoms with Gasteiger partial charge in [0, 0.05) is 29.1 Å². The van der Waals surface area contributed by atoms with Gasteiger partial charge in [-0.3, -0.25) is 4.79 Å². The normalized spacial score (nSPS) is 16.7. The van der Waals surface area contributed by atoms with Crippen LogP contribution in [0.3, 0.4) is 0 Å². The molecule has 0 spiro atoms. The first-order chi connectivity index (χ1) is 11.2. The molecule has 4 nitrogen and oxygen atoms in total. The molecule has 25 heavy (non-hydrogen) atoms. The highest BCUT2D eigenvalue weighted by molar-refractivity contribution is 7.13. The summed E-state index contributed by atoms with van der Waals surface area (Å²) >= 11 is 7.51. The van der Waals surface area contributed by atoms with E-state index in [1.165, 1.54) is 17.8 Å². The van der Waals surface area contributed by atoms with Crippen LogP contribution in [-0.2, 0) is 0 Å². The van der Waals surface area contributed by atoms with Crippen molar-refractivity contribution in [1.82, 2.24) is 15.2 Å². The maximum atomic E-state index is 12.7. The molecule has 1 atom stereocenters. The molecule has 2 heterocycles. The lowest BCUT2D eigenvalue weighted by Gasteiger charge is -2.32. The van der Waals surface area contributed by atoms with E-state index in [1.807, 2.05) is 41.6 Å². The summed E-state index contributed by atoms with van der Waals surface area (Å²) in [6.45, 7) is 2.58. The maximum Gasteiger partial charge on any atom is 0.273 e. The van der Waals surface area contributed by atoms with Crippen molar-refractivity contribution >= 4 is 53.7 Å².